The Morgan fingerprint density at radius 2 is 2.12 bits per heavy atom. The molecule has 4 rings (SSSR count). The Labute approximate surface area is 144 Å². The van der Waals surface area contributed by atoms with Gasteiger partial charge in [-0.25, -0.2) is 4.79 Å². The van der Waals surface area contributed by atoms with Crippen molar-refractivity contribution in [3.05, 3.63) is 64.3 Å². The second-order valence-electron chi connectivity index (χ2n) is 6.49. The minimum absolute atomic E-state index is 0.0976. The predicted octanol–water partition coefficient (Wildman–Crippen LogP) is 2.55. The van der Waals surface area contributed by atoms with E-state index >= 15 is 0 Å². The van der Waals surface area contributed by atoms with Crippen molar-refractivity contribution in [2.24, 2.45) is 7.05 Å². The lowest BCUT2D eigenvalue weighted by Gasteiger charge is -2.31. The fourth-order valence-corrected chi connectivity index (χ4v) is 3.44. The van der Waals surface area contributed by atoms with Crippen LogP contribution in [0.4, 0.5) is 0 Å². The van der Waals surface area contributed by atoms with Gasteiger partial charge in [0.05, 0.1) is 5.69 Å². The molecule has 0 unspecified atom stereocenters. The Morgan fingerprint density at radius 1 is 1.28 bits per heavy atom. The van der Waals surface area contributed by atoms with E-state index in [2.05, 4.69) is 5.10 Å². The van der Waals surface area contributed by atoms with Crippen LogP contribution in [0.25, 0.3) is 11.0 Å². The van der Waals surface area contributed by atoms with Crippen LogP contribution in [0.15, 0.2) is 51.8 Å². The predicted molar refractivity (Wildman–Crippen MR) is 93.6 cm³/mol. The highest BCUT2D eigenvalue weighted by molar-refractivity contribution is 5.96. The molecule has 1 saturated heterocycles. The van der Waals surface area contributed by atoms with Gasteiger partial charge in [-0.1, -0.05) is 18.2 Å². The van der Waals surface area contributed by atoms with Crippen LogP contribution in [0.1, 0.15) is 34.8 Å². The number of hydrogen-bond acceptors (Lipinski definition) is 4. The maximum absolute atomic E-state index is 12.9. The van der Waals surface area contributed by atoms with Crippen molar-refractivity contribution in [1.29, 1.82) is 0 Å². The number of nitrogens with zero attached hydrogens (tertiary/aromatic N) is 3. The van der Waals surface area contributed by atoms with E-state index in [1.807, 2.05) is 31.4 Å². The van der Waals surface area contributed by atoms with Gasteiger partial charge in [-0.05, 0) is 31.0 Å². The number of rotatable bonds is 2. The largest absolute Gasteiger partial charge is 0.422 e. The lowest BCUT2D eigenvalue weighted by atomic mass is 9.94. The molecule has 0 aliphatic carbocycles. The number of likely N-dealkylation sites (tertiary alicyclic amines) is 1. The van der Waals surface area contributed by atoms with Crippen molar-refractivity contribution in [3.8, 4) is 0 Å². The van der Waals surface area contributed by atoms with Crippen LogP contribution in [-0.4, -0.2) is 33.7 Å². The smallest absolute Gasteiger partial charge is 0.349 e. The molecule has 0 saturated carbocycles. The minimum atomic E-state index is -0.580. The summed E-state index contributed by atoms with van der Waals surface area (Å²) >= 11 is 0. The average Bonchev–Trinajstić information content (AvgIpc) is 3.07. The zero-order valence-electron chi connectivity index (χ0n) is 14.0. The molecule has 3 aromatic rings. The van der Waals surface area contributed by atoms with E-state index in [0.717, 1.165) is 23.9 Å². The molecule has 6 nitrogen and oxygen atoms in total. The molecule has 1 aromatic carbocycles. The van der Waals surface area contributed by atoms with Crippen molar-refractivity contribution in [3.63, 3.8) is 0 Å². The Morgan fingerprint density at radius 3 is 2.92 bits per heavy atom. The molecule has 2 aromatic heterocycles. The Bertz CT molecular complexity index is 989. The normalized spacial score (nSPS) is 17.8. The van der Waals surface area contributed by atoms with Gasteiger partial charge in [0, 0.05) is 37.6 Å². The Balaban J connectivity index is 1.62. The topological polar surface area (TPSA) is 68.3 Å². The second kappa shape index (κ2) is 6.20. The summed E-state index contributed by atoms with van der Waals surface area (Å²) < 4.78 is 7.07. The van der Waals surface area contributed by atoms with Gasteiger partial charge in [-0.15, -0.1) is 0 Å². The van der Waals surface area contributed by atoms with Crippen LogP contribution in [0.3, 0.4) is 0 Å². The van der Waals surface area contributed by atoms with E-state index in [9.17, 15) is 9.59 Å². The maximum Gasteiger partial charge on any atom is 0.349 e. The SMILES string of the molecule is Cn1ccc([C@@H]2CCCN(C(=O)c3cc4ccccc4oc3=O)C2)n1. The highest BCUT2D eigenvalue weighted by Crippen LogP contribution is 2.26. The molecule has 25 heavy (non-hydrogen) atoms. The number of aryl methyl sites for hydroxylation is 1. The monoisotopic (exact) mass is 337 g/mol. The number of carbonyl (C=O) groups excluding carboxylic acids is 1. The molecular formula is C19H19N3O3. The summed E-state index contributed by atoms with van der Waals surface area (Å²) in [4.78, 5) is 26.9. The van der Waals surface area contributed by atoms with Crippen LogP contribution in [0.2, 0.25) is 0 Å². The van der Waals surface area contributed by atoms with Gasteiger partial charge in [-0.3, -0.25) is 9.48 Å². The molecule has 0 bridgehead atoms. The number of carbonyl (C=O) groups is 1. The summed E-state index contributed by atoms with van der Waals surface area (Å²) in [6.45, 7) is 1.22. The van der Waals surface area contributed by atoms with E-state index in [4.69, 9.17) is 4.42 Å². The Hall–Kier alpha value is -2.89. The highest BCUT2D eigenvalue weighted by atomic mass is 16.4. The Kier molecular flexibility index (Phi) is 3.87. The van der Waals surface area contributed by atoms with Crippen LogP contribution in [-0.2, 0) is 7.05 Å². The first kappa shape index (κ1) is 15.6. The molecule has 0 N–H and O–H groups in total. The van der Waals surface area contributed by atoms with Gasteiger partial charge >= 0.3 is 5.63 Å². The second-order valence-corrected chi connectivity index (χ2v) is 6.49. The molecule has 1 amide bonds. The van der Waals surface area contributed by atoms with Crippen molar-refractivity contribution in [1.82, 2.24) is 14.7 Å². The summed E-state index contributed by atoms with van der Waals surface area (Å²) in [5, 5.41) is 5.21. The zero-order chi connectivity index (χ0) is 17.4. The van der Waals surface area contributed by atoms with E-state index < -0.39 is 5.63 Å². The number of hydrogen-bond donors (Lipinski definition) is 0. The van der Waals surface area contributed by atoms with E-state index in [1.165, 1.54) is 0 Å². The summed E-state index contributed by atoms with van der Waals surface area (Å²) in [5.74, 6) is -0.0634. The molecule has 3 heterocycles. The van der Waals surface area contributed by atoms with Crippen LogP contribution >= 0.6 is 0 Å². The van der Waals surface area contributed by atoms with Crippen molar-refractivity contribution >= 4 is 16.9 Å². The third-order valence-electron chi connectivity index (χ3n) is 4.73. The van der Waals surface area contributed by atoms with E-state index in [-0.39, 0.29) is 17.4 Å². The van der Waals surface area contributed by atoms with Gasteiger partial charge < -0.3 is 9.32 Å². The van der Waals surface area contributed by atoms with Gasteiger partial charge in [0.1, 0.15) is 11.1 Å². The van der Waals surface area contributed by atoms with Gasteiger partial charge in [0.25, 0.3) is 5.91 Å². The fourth-order valence-electron chi connectivity index (χ4n) is 3.44. The van der Waals surface area contributed by atoms with Crippen LogP contribution in [0, 0.1) is 0 Å². The quantitative estimate of drug-likeness (QED) is 0.674. The molecule has 1 aliphatic heterocycles. The van der Waals surface area contributed by atoms with E-state index in [1.54, 1.807) is 27.8 Å². The van der Waals surface area contributed by atoms with Crippen LogP contribution in [0.5, 0.6) is 0 Å². The molecule has 1 atom stereocenters. The number of aromatic nitrogens is 2. The van der Waals surface area contributed by atoms with Crippen LogP contribution < -0.4 is 5.63 Å². The molecule has 1 aliphatic rings. The molecule has 0 radical (unpaired) electrons. The summed E-state index contributed by atoms with van der Waals surface area (Å²) in [5.41, 5.74) is 1.00. The average molecular weight is 337 g/mol. The van der Waals surface area contributed by atoms with E-state index in [0.29, 0.717) is 18.7 Å². The number of amides is 1. The fraction of sp³-hybridized carbons (Fsp3) is 0.316. The maximum atomic E-state index is 12.9. The van der Waals surface area contributed by atoms with Crippen molar-refractivity contribution in [2.75, 3.05) is 13.1 Å². The number of fused-ring (bicyclic) bond motifs is 1. The number of para-hydroxylation sites is 1. The molecule has 1 fully saturated rings. The number of benzene rings is 1. The summed E-state index contributed by atoms with van der Waals surface area (Å²) in [6.07, 6.45) is 3.80. The first-order valence-electron chi connectivity index (χ1n) is 8.43. The standard InChI is InChI=1S/C19H19N3O3/c1-21-10-8-16(20-21)14-6-4-9-22(12-14)18(23)15-11-13-5-2-3-7-17(13)25-19(15)24/h2-3,5,7-8,10-11,14H,4,6,9,12H2,1H3/t14-/m1/s1. The van der Waals surface area contributed by atoms with Gasteiger partial charge in [-0.2, -0.15) is 5.10 Å². The number of piperidine rings is 1. The summed E-state index contributed by atoms with van der Waals surface area (Å²) in [7, 11) is 1.88. The van der Waals surface area contributed by atoms with Gasteiger partial charge in [0.15, 0.2) is 0 Å². The third kappa shape index (κ3) is 2.95. The first-order chi connectivity index (χ1) is 12.1. The lowest BCUT2D eigenvalue weighted by molar-refractivity contribution is 0.0701. The third-order valence-corrected chi connectivity index (χ3v) is 4.73. The molecular weight excluding hydrogens is 318 g/mol. The highest BCUT2D eigenvalue weighted by Gasteiger charge is 2.28. The molecule has 0 spiro atoms. The van der Waals surface area contributed by atoms with Crippen molar-refractivity contribution < 1.29 is 9.21 Å². The lowest BCUT2D eigenvalue weighted by Crippen LogP contribution is -2.40. The molecule has 128 valence electrons. The summed E-state index contributed by atoms with van der Waals surface area (Å²) in [6, 6.07) is 10.8. The van der Waals surface area contributed by atoms with Gasteiger partial charge in [0.2, 0.25) is 0 Å². The van der Waals surface area contributed by atoms with Crippen molar-refractivity contribution in [2.45, 2.75) is 18.8 Å². The minimum Gasteiger partial charge on any atom is -0.422 e. The first-order valence-corrected chi connectivity index (χ1v) is 8.43. The zero-order valence-corrected chi connectivity index (χ0v) is 14.0. The molecule has 6 heteroatoms.